The van der Waals surface area contributed by atoms with Gasteiger partial charge >= 0.3 is 5.97 Å². The van der Waals surface area contributed by atoms with E-state index in [1.54, 1.807) is 44.3 Å². The minimum Gasteiger partial charge on any atom is -0.465 e. The van der Waals surface area contributed by atoms with Crippen LogP contribution in [0.2, 0.25) is 0 Å². The van der Waals surface area contributed by atoms with Crippen LogP contribution in [0.25, 0.3) is 11.1 Å². The number of esters is 1. The van der Waals surface area contributed by atoms with E-state index in [4.69, 9.17) is 11.5 Å². The van der Waals surface area contributed by atoms with Gasteiger partial charge in [-0.2, -0.15) is 0 Å². The van der Waals surface area contributed by atoms with E-state index in [1.807, 2.05) is 0 Å². The summed E-state index contributed by atoms with van der Waals surface area (Å²) >= 11 is 0. The van der Waals surface area contributed by atoms with E-state index in [-0.39, 0.29) is 0 Å². The number of carbonyl (C=O) groups is 1. The van der Waals surface area contributed by atoms with Crippen molar-refractivity contribution in [1.82, 2.24) is 4.98 Å². The number of rotatable bonds is 3. The van der Waals surface area contributed by atoms with Gasteiger partial charge in [-0.3, -0.25) is 4.98 Å². The van der Waals surface area contributed by atoms with Crippen molar-refractivity contribution in [2.75, 3.05) is 18.6 Å². The van der Waals surface area contributed by atoms with Crippen molar-refractivity contribution < 1.29 is 14.6 Å². The first-order valence-electron chi connectivity index (χ1n) is 6.70. The molecule has 0 fully saturated rings. The molecule has 0 radical (unpaired) electrons. The first kappa shape index (κ1) is 15.8. The van der Waals surface area contributed by atoms with Crippen LogP contribution in [-0.4, -0.2) is 23.2 Å². The minimum atomic E-state index is -1.11. The van der Waals surface area contributed by atoms with Gasteiger partial charge in [-0.1, -0.05) is 6.07 Å². The molecule has 22 heavy (non-hydrogen) atoms. The van der Waals surface area contributed by atoms with Gasteiger partial charge in [0, 0.05) is 17.4 Å². The Labute approximate surface area is 128 Å². The number of pyridine rings is 1. The smallest absolute Gasteiger partial charge is 0.339 e. The average Bonchev–Trinajstić information content (AvgIpc) is 2.44. The number of hydrogen-bond acceptors (Lipinski definition) is 6. The van der Waals surface area contributed by atoms with E-state index in [1.165, 1.54) is 7.11 Å². The summed E-state index contributed by atoms with van der Waals surface area (Å²) in [5, 5.41) is 9.99. The van der Waals surface area contributed by atoms with Crippen molar-refractivity contribution in [3.05, 3.63) is 41.7 Å². The SMILES string of the molecule is COC(=O)c1ccc(-c2cnc(C(C)(C)O)c(N)c2)cc1N. The normalized spacial score (nSPS) is 11.3. The van der Waals surface area contributed by atoms with E-state index in [0.29, 0.717) is 22.6 Å². The van der Waals surface area contributed by atoms with E-state index in [2.05, 4.69) is 9.72 Å². The molecule has 2 rings (SSSR count). The van der Waals surface area contributed by atoms with Gasteiger partial charge in [0.2, 0.25) is 0 Å². The molecule has 116 valence electrons. The van der Waals surface area contributed by atoms with Crippen molar-refractivity contribution in [2.24, 2.45) is 0 Å². The Morgan fingerprint density at radius 1 is 1.18 bits per heavy atom. The van der Waals surface area contributed by atoms with Gasteiger partial charge in [-0.05, 0) is 37.6 Å². The third kappa shape index (κ3) is 3.01. The molecule has 0 aliphatic rings. The predicted octanol–water partition coefficient (Wildman–Crippen LogP) is 1.93. The van der Waals surface area contributed by atoms with Crippen LogP contribution in [0.5, 0.6) is 0 Å². The highest BCUT2D eigenvalue weighted by molar-refractivity contribution is 5.96. The van der Waals surface area contributed by atoms with Crippen molar-refractivity contribution in [3.8, 4) is 11.1 Å². The molecule has 1 aromatic heterocycles. The molecule has 1 aromatic carbocycles. The third-order valence-corrected chi connectivity index (χ3v) is 3.29. The zero-order valence-corrected chi connectivity index (χ0v) is 12.8. The molecule has 6 nitrogen and oxygen atoms in total. The van der Waals surface area contributed by atoms with Gasteiger partial charge in [0.1, 0.15) is 5.60 Å². The fraction of sp³-hybridized carbons (Fsp3) is 0.250. The van der Waals surface area contributed by atoms with Crippen molar-refractivity contribution in [2.45, 2.75) is 19.4 Å². The van der Waals surface area contributed by atoms with Gasteiger partial charge < -0.3 is 21.3 Å². The Hall–Kier alpha value is -2.60. The standard InChI is InChI=1S/C16H19N3O3/c1-16(2,21)14-13(18)7-10(8-19-14)9-4-5-11(12(17)6-9)15(20)22-3/h4-8,21H,17-18H2,1-3H3. The molecular weight excluding hydrogens is 282 g/mol. The van der Waals surface area contributed by atoms with E-state index in [0.717, 1.165) is 11.1 Å². The maximum atomic E-state index is 11.5. The van der Waals surface area contributed by atoms with E-state index in [9.17, 15) is 9.90 Å². The van der Waals surface area contributed by atoms with Crippen LogP contribution in [0.15, 0.2) is 30.5 Å². The molecule has 2 aromatic rings. The molecule has 0 amide bonds. The molecular formula is C16H19N3O3. The fourth-order valence-electron chi connectivity index (χ4n) is 2.19. The van der Waals surface area contributed by atoms with Crippen LogP contribution in [0.4, 0.5) is 11.4 Å². The number of aliphatic hydroxyl groups is 1. The summed E-state index contributed by atoms with van der Waals surface area (Å²) in [5.74, 6) is -0.487. The molecule has 0 aliphatic heterocycles. The second-order valence-electron chi connectivity index (χ2n) is 5.51. The maximum Gasteiger partial charge on any atom is 0.339 e. The molecule has 0 bridgehead atoms. The van der Waals surface area contributed by atoms with Crippen LogP contribution in [-0.2, 0) is 10.3 Å². The van der Waals surface area contributed by atoms with Gasteiger partial charge in [0.15, 0.2) is 0 Å². The monoisotopic (exact) mass is 301 g/mol. The Kier molecular flexibility index (Phi) is 4.05. The first-order valence-corrected chi connectivity index (χ1v) is 6.70. The molecule has 1 heterocycles. The summed E-state index contributed by atoms with van der Waals surface area (Å²) in [6, 6.07) is 6.71. The number of nitrogens with two attached hydrogens (primary N) is 2. The Bertz CT molecular complexity index is 721. The lowest BCUT2D eigenvalue weighted by Gasteiger charge is -2.19. The Morgan fingerprint density at radius 3 is 2.32 bits per heavy atom. The van der Waals surface area contributed by atoms with E-state index >= 15 is 0 Å². The summed E-state index contributed by atoms with van der Waals surface area (Å²) < 4.78 is 4.66. The Balaban J connectivity index is 2.43. The number of carbonyl (C=O) groups excluding carboxylic acids is 1. The van der Waals surface area contributed by atoms with Crippen molar-refractivity contribution in [1.29, 1.82) is 0 Å². The lowest BCUT2D eigenvalue weighted by molar-refractivity contribution is 0.0601. The molecule has 5 N–H and O–H groups in total. The second-order valence-corrected chi connectivity index (χ2v) is 5.51. The van der Waals surface area contributed by atoms with Gasteiger partial charge in [-0.15, -0.1) is 0 Å². The summed E-state index contributed by atoms with van der Waals surface area (Å²) in [6.07, 6.45) is 1.61. The first-order chi connectivity index (χ1) is 10.2. The fourth-order valence-corrected chi connectivity index (χ4v) is 2.19. The van der Waals surface area contributed by atoms with Gasteiger partial charge in [0.05, 0.1) is 24.1 Å². The van der Waals surface area contributed by atoms with Crippen LogP contribution >= 0.6 is 0 Å². The summed E-state index contributed by atoms with van der Waals surface area (Å²) in [5.41, 5.74) is 13.7. The molecule has 0 aliphatic carbocycles. The highest BCUT2D eigenvalue weighted by Crippen LogP contribution is 2.29. The molecule has 0 unspecified atom stereocenters. The number of nitrogens with zero attached hydrogens (tertiary/aromatic N) is 1. The lowest BCUT2D eigenvalue weighted by Crippen LogP contribution is -2.19. The number of benzene rings is 1. The number of anilines is 2. The van der Waals surface area contributed by atoms with Gasteiger partial charge in [-0.25, -0.2) is 4.79 Å². The molecule has 6 heteroatoms. The molecule has 0 spiro atoms. The molecule has 0 saturated carbocycles. The maximum absolute atomic E-state index is 11.5. The van der Waals surface area contributed by atoms with Crippen LogP contribution in [0.3, 0.4) is 0 Å². The Morgan fingerprint density at radius 2 is 1.82 bits per heavy atom. The van der Waals surface area contributed by atoms with E-state index < -0.39 is 11.6 Å². The van der Waals surface area contributed by atoms with Crippen LogP contribution in [0.1, 0.15) is 29.9 Å². The number of aromatic nitrogens is 1. The minimum absolute atomic E-state index is 0.306. The van der Waals surface area contributed by atoms with Crippen LogP contribution < -0.4 is 11.5 Å². The third-order valence-electron chi connectivity index (χ3n) is 3.29. The van der Waals surface area contributed by atoms with Crippen molar-refractivity contribution >= 4 is 17.3 Å². The van der Waals surface area contributed by atoms with Crippen molar-refractivity contribution in [3.63, 3.8) is 0 Å². The predicted molar refractivity (Wildman–Crippen MR) is 85.1 cm³/mol. The van der Waals surface area contributed by atoms with Crippen LogP contribution in [0, 0.1) is 0 Å². The number of hydrogen-bond donors (Lipinski definition) is 3. The van der Waals surface area contributed by atoms with Gasteiger partial charge in [0.25, 0.3) is 0 Å². The summed E-state index contributed by atoms with van der Waals surface area (Å²) in [4.78, 5) is 15.8. The quantitative estimate of drug-likeness (QED) is 0.590. The topological polar surface area (TPSA) is 111 Å². The largest absolute Gasteiger partial charge is 0.465 e. The number of nitrogen functional groups attached to an aromatic ring is 2. The summed E-state index contributed by atoms with van der Waals surface area (Å²) in [6.45, 7) is 3.24. The number of ether oxygens (including phenoxy) is 1. The zero-order valence-electron chi connectivity index (χ0n) is 12.8. The molecule has 0 atom stereocenters. The highest BCUT2D eigenvalue weighted by Gasteiger charge is 2.21. The highest BCUT2D eigenvalue weighted by atomic mass is 16.5. The average molecular weight is 301 g/mol. The summed E-state index contributed by atoms with van der Waals surface area (Å²) in [7, 11) is 1.30. The second kappa shape index (κ2) is 5.65. The number of methoxy groups -OCH3 is 1. The molecule has 0 saturated heterocycles. The zero-order chi connectivity index (χ0) is 16.5. The lowest BCUT2D eigenvalue weighted by atomic mass is 9.99.